The van der Waals surface area contributed by atoms with E-state index in [4.69, 9.17) is 0 Å². The Hall–Kier alpha value is -2.31. The highest BCUT2D eigenvalue weighted by molar-refractivity contribution is 7.13. The number of nitrogens with zero attached hydrogens (tertiary/aromatic N) is 3. The zero-order chi connectivity index (χ0) is 21.0. The van der Waals surface area contributed by atoms with Gasteiger partial charge >= 0.3 is 0 Å². The van der Waals surface area contributed by atoms with Gasteiger partial charge in [0.2, 0.25) is 0 Å². The van der Waals surface area contributed by atoms with Gasteiger partial charge in [-0.15, -0.1) is 11.3 Å². The molecule has 3 aromatic rings. The van der Waals surface area contributed by atoms with Gasteiger partial charge in [0.1, 0.15) is 22.3 Å². The third kappa shape index (κ3) is 5.43. The SMILES string of the molecule is CC(C)(C)C1CCC(NCc2ccc(Nc3cccc(-c4nccs4)n3)nc2)CC1. The molecule has 0 bridgehead atoms. The molecule has 0 spiro atoms. The van der Waals surface area contributed by atoms with Crippen molar-refractivity contribution in [2.24, 2.45) is 11.3 Å². The summed E-state index contributed by atoms with van der Waals surface area (Å²) in [5.41, 5.74) is 2.52. The van der Waals surface area contributed by atoms with Crippen LogP contribution >= 0.6 is 11.3 Å². The largest absolute Gasteiger partial charge is 0.325 e. The number of aromatic nitrogens is 3. The van der Waals surface area contributed by atoms with E-state index in [9.17, 15) is 0 Å². The lowest BCUT2D eigenvalue weighted by Crippen LogP contribution is -2.35. The van der Waals surface area contributed by atoms with Gasteiger partial charge in [-0.2, -0.15) is 0 Å². The lowest BCUT2D eigenvalue weighted by Gasteiger charge is -2.37. The van der Waals surface area contributed by atoms with Crippen LogP contribution in [-0.2, 0) is 6.54 Å². The van der Waals surface area contributed by atoms with Crippen LogP contribution in [0.2, 0.25) is 0 Å². The van der Waals surface area contributed by atoms with Crippen molar-refractivity contribution < 1.29 is 0 Å². The van der Waals surface area contributed by atoms with E-state index in [-0.39, 0.29) is 0 Å². The van der Waals surface area contributed by atoms with Crippen molar-refractivity contribution in [2.75, 3.05) is 5.32 Å². The van der Waals surface area contributed by atoms with Crippen molar-refractivity contribution in [2.45, 2.75) is 59.0 Å². The summed E-state index contributed by atoms with van der Waals surface area (Å²) in [6.45, 7) is 7.99. The monoisotopic (exact) mass is 421 g/mol. The van der Waals surface area contributed by atoms with E-state index in [2.05, 4.69) is 52.4 Å². The summed E-state index contributed by atoms with van der Waals surface area (Å²) in [5.74, 6) is 2.43. The fourth-order valence-electron chi connectivity index (χ4n) is 4.13. The lowest BCUT2D eigenvalue weighted by atomic mass is 9.71. The number of rotatable bonds is 6. The molecule has 0 amide bonds. The minimum Gasteiger partial charge on any atom is -0.325 e. The Balaban J connectivity index is 1.28. The van der Waals surface area contributed by atoms with Crippen LogP contribution in [0.1, 0.15) is 52.0 Å². The summed E-state index contributed by atoms with van der Waals surface area (Å²) in [4.78, 5) is 13.5. The fourth-order valence-corrected chi connectivity index (χ4v) is 4.74. The molecule has 6 heteroatoms. The maximum absolute atomic E-state index is 4.64. The van der Waals surface area contributed by atoms with E-state index in [1.165, 1.54) is 31.2 Å². The molecular weight excluding hydrogens is 390 g/mol. The molecule has 0 aliphatic heterocycles. The first-order valence-electron chi connectivity index (χ1n) is 10.8. The third-order valence-corrected chi connectivity index (χ3v) is 6.82. The van der Waals surface area contributed by atoms with Gasteiger partial charge < -0.3 is 10.6 Å². The van der Waals surface area contributed by atoms with E-state index < -0.39 is 0 Å². The Kier molecular flexibility index (Phi) is 6.44. The highest BCUT2D eigenvalue weighted by Gasteiger charge is 2.29. The first-order chi connectivity index (χ1) is 14.5. The first-order valence-corrected chi connectivity index (χ1v) is 11.7. The number of thiazole rings is 1. The van der Waals surface area contributed by atoms with Gasteiger partial charge in [-0.25, -0.2) is 15.0 Å². The van der Waals surface area contributed by atoms with Crippen LogP contribution in [0.15, 0.2) is 48.1 Å². The van der Waals surface area contributed by atoms with E-state index in [0.717, 1.165) is 34.8 Å². The van der Waals surface area contributed by atoms with Gasteiger partial charge in [-0.05, 0) is 60.8 Å². The summed E-state index contributed by atoms with van der Waals surface area (Å²) in [5, 5.41) is 9.90. The number of anilines is 2. The number of hydrogen-bond donors (Lipinski definition) is 2. The van der Waals surface area contributed by atoms with Crippen LogP contribution in [0.5, 0.6) is 0 Å². The number of nitrogens with one attached hydrogen (secondary N) is 2. The van der Waals surface area contributed by atoms with Gasteiger partial charge in [0.15, 0.2) is 0 Å². The third-order valence-electron chi connectivity index (χ3n) is 6.03. The van der Waals surface area contributed by atoms with Crippen molar-refractivity contribution >= 4 is 23.0 Å². The minimum absolute atomic E-state index is 0.437. The van der Waals surface area contributed by atoms with Crippen LogP contribution < -0.4 is 10.6 Å². The molecular formula is C24H31N5S. The van der Waals surface area contributed by atoms with Crippen molar-refractivity contribution in [1.82, 2.24) is 20.3 Å². The van der Waals surface area contributed by atoms with Crippen LogP contribution in [0.4, 0.5) is 11.6 Å². The Morgan fingerprint density at radius 2 is 1.83 bits per heavy atom. The van der Waals surface area contributed by atoms with Gasteiger partial charge in [0, 0.05) is 30.4 Å². The molecule has 1 aliphatic rings. The van der Waals surface area contributed by atoms with Crippen molar-refractivity contribution in [3.63, 3.8) is 0 Å². The normalized spacial score (nSPS) is 19.6. The van der Waals surface area contributed by atoms with E-state index >= 15 is 0 Å². The molecule has 0 radical (unpaired) electrons. The second-order valence-corrected chi connectivity index (χ2v) is 10.1. The summed E-state index contributed by atoms with van der Waals surface area (Å²) in [6.07, 6.45) is 8.95. The van der Waals surface area contributed by atoms with Gasteiger partial charge in [-0.3, -0.25) is 0 Å². The molecule has 3 aromatic heterocycles. The molecule has 0 aromatic carbocycles. The Labute approximate surface area is 183 Å². The van der Waals surface area contributed by atoms with Crippen LogP contribution in [0.3, 0.4) is 0 Å². The van der Waals surface area contributed by atoms with E-state index in [1.54, 1.807) is 17.5 Å². The fraction of sp³-hybridized carbons (Fsp3) is 0.458. The minimum atomic E-state index is 0.437. The van der Waals surface area contributed by atoms with Crippen LogP contribution in [-0.4, -0.2) is 21.0 Å². The average Bonchev–Trinajstić information content (AvgIpc) is 3.28. The van der Waals surface area contributed by atoms with Gasteiger partial charge in [0.25, 0.3) is 0 Å². The van der Waals surface area contributed by atoms with Crippen LogP contribution in [0.25, 0.3) is 10.7 Å². The number of pyridine rings is 2. The van der Waals surface area contributed by atoms with Gasteiger partial charge in [-0.1, -0.05) is 32.9 Å². The lowest BCUT2D eigenvalue weighted by molar-refractivity contribution is 0.160. The maximum atomic E-state index is 4.64. The zero-order valence-corrected chi connectivity index (χ0v) is 18.9. The molecule has 3 heterocycles. The molecule has 2 N–H and O–H groups in total. The van der Waals surface area contributed by atoms with E-state index in [0.29, 0.717) is 11.5 Å². The molecule has 1 aliphatic carbocycles. The Bertz CT molecular complexity index is 923. The zero-order valence-electron chi connectivity index (χ0n) is 18.1. The molecule has 0 unspecified atom stereocenters. The highest BCUT2D eigenvalue weighted by Crippen LogP contribution is 2.37. The quantitative estimate of drug-likeness (QED) is 0.508. The molecule has 0 saturated heterocycles. The smallest absolute Gasteiger partial charge is 0.141 e. The van der Waals surface area contributed by atoms with E-state index in [1.807, 2.05) is 35.8 Å². The molecule has 1 saturated carbocycles. The molecule has 5 nitrogen and oxygen atoms in total. The summed E-state index contributed by atoms with van der Waals surface area (Å²) in [7, 11) is 0. The predicted molar refractivity (Wildman–Crippen MR) is 125 cm³/mol. The average molecular weight is 422 g/mol. The molecule has 4 rings (SSSR count). The highest BCUT2D eigenvalue weighted by atomic mass is 32.1. The number of hydrogen-bond acceptors (Lipinski definition) is 6. The standard InChI is InChI=1S/C24H31N5S/c1-24(2,3)18-8-10-19(11-9-18)26-15-17-7-12-21(27-16-17)29-22-6-4-5-20(28-22)23-25-13-14-30-23/h4-7,12-14,16,18-19,26H,8-11,15H2,1-3H3,(H,27,28,29). The second-order valence-electron chi connectivity index (χ2n) is 9.22. The molecule has 158 valence electrons. The first kappa shape index (κ1) is 20.9. The molecule has 30 heavy (non-hydrogen) atoms. The van der Waals surface area contributed by atoms with Crippen molar-refractivity contribution in [3.8, 4) is 10.7 Å². The summed E-state index contributed by atoms with van der Waals surface area (Å²) in [6, 6.07) is 10.7. The Morgan fingerprint density at radius 3 is 2.50 bits per heavy atom. The van der Waals surface area contributed by atoms with Crippen molar-refractivity contribution in [3.05, 3.63) is 53.7 Å². The molecule has 1 fully saturated rings. The molecule has 0 atom stereocenters. The second kappa shape index (κ2) is 9.23. The predicted octanol–water partition coefficient (Wildman–Crippen LogP) is 6.04. The summed E-state index contributed by atoms with van der Waals surface area (Å²) < 4.78 is 0. The topological polar surface area (TPSA) is 62.7 Å². The van der Waals surface area contributed by atoms with Crippen molar-refractivity contribution in [1.29, 1.82) is 0 Å². The van der Waals surface area contributed by atoms with Gasteiger partial charge in [0.05, 0.1) is 0 Å². The Morgan fingerprint density at radius 1 is 1.00 bits per heavy atom. The maximum Gasteiger partial charge on any atom is 0.141 e. The van der Waals surface area contributed by atoms with Crippen LogP contribution in [0, 0.1) is 11.3 Å². The summed E-state index contributed by atoms with van der Waals surface area (Å²) >= 11 is 1.59.